The molecule has 2 aromatic rings. The summed E-state index contributed by atoms with van der Waals surface area (Å²) in [6, 6.07) is 11.4. The maximum absolute atomic E-state index is 12.3. The molecule has 1 aromatic heterocycles. The van der Waals surface area contributed by atoms with Crippen LogP contribution in [0.25, 0.3) is 0 Å². The highest BCUT2D eigenvalue weighted by Crippen LogP contribution is 2.28. The molecule has 1 unspecified atom stereocenters. The van der Waals surface area contributed by atoms with E-state index in [1.165, 1.54) is 0 Å². The van der Waals surface area contributed by atoms with E-state index in [0.29, 0.717) is 12.3 Å². The first kappa shape index (κ1) is 11.8. The maximum atomic E-state index is 12.3. The van der Waals surface area contributed by atoms with Crippen LogP contribution >= 0.6 is 0 Å². The van der Waals surface area contributed by atoms with Crippen molar-refractivity contribution in [1.29, 1.82) is 0 Å². The number of benzene rings is 1. The number of ether oxygens (including phenoxy) is 1. The summed E-state index contributed by atoms with van der Waals surface area (Å²) in [6.45, 7) is 0. The number of aromatic nitrogens is 2. The Morgan fingerprint density at radius 1 is 1.21 bits per heavy atom. The van der Waals surface area contributed by atoms with E-state index in [1.54, 1.807) is 13.2 Å². The van der Waals surface area contributed by atoms with Crippen LogP contribution in [-0.2, 0) is 12.8 Å². The predicted octanol–water partition coefficient (Wildman–Crippen LogP) is 2.08. The normalized spacial score (nSPS) is 17.3. The van der Waals surface area contributed by atoms with Crippen molar-refractivity contribution in [2.24, 2.45) is 5.92 Å². The second-order valence-electron chi connectivity index (χ2n) is 4.69. The van der Waals surface area contributed by atoms with E-state index in [-0.39, 0.29) is 11.7 Å². The number of hydrogen-bond acceptors (Lipinski definition) is 4. The number of nitrogens with zero attached hydrogens (tertiary/aromatic N) is 2. The minimum absolute atomic E-state index is 0.0138. The Kier molecular flexibility index (Phi) is 2.99. The standard InChI is InChI=1S/C15H14N2O2/c1-19-14-7-6-12(16-17-14)9-11-8-10-4-2-3-5-13(10)15(11)18/h2-7,11H,8-9H2,1H3. The predicted molar refractivity (Wildman–Crippen MR) is 70.3 cm³/mol. The molecule has 1 aliphatic rings. The van der Waals surface area contributed by atoms with Gasteiger partial charge in [-0.05, 0) is 18.1 Å². The van der Waals surface area contributed by atoms with Crippen molar-refractivity contribution in [3.8, 4) is 5.88 Å². The first-order valence-corrected chi connectivity index (χ1v) is 6.26. The molecule has 0 aliphatic heterocycles. The van der Waals surface area contributed by atoms with E-state index >= 15 is 0 Å². The lowest BCUT2D eigenvalue weighted by atomic mass is 9.99. The van der Waals surface area contributed by atoms with Gasteiger partial charge in [0.05, 0.1) is 12.8 Å². The number of carbonyl (C=O) groups excluding carboxylic acids is 1. The molecule has 1 atom stereocenters. The fourth-order valence-corrected chi connectivity index (χ4v) is 2.50. The summed E-state index contributed by atoms with van der Waals surface area (Å²) in [5, 5.41) is 8.01. The Labute approximate surface area is 111 Å². The van der Waals surface area contributed by atoms with Gasteiger partial charge in [-0.3, -0.25) is 4.79 Å². The molecule has 1 aromatic carbocycles. The van der Waals surface area contributed by atoms with Crippen LogP contribution < -0.4 is 4.74 Å². The summed E-state index contributed by atoms with van der Waals surface area (Å²) in [6.07, 6.45) is 1.42. The third-order valence-corrected chi connectivity index (χ3v) is 3.48. The van der Waals surface area contributed by atoms with Crippen LogP contribution in [0.1, 0.15) is 21.6 Å². The lowest BCUT2D eigenvalue weighted by Crippen LogP contribution is -2.13. The number of Topliss-reactive ketones (excluding diaryl/α,β-unsaturated/α-hetero) is 1. The number of methoxy groups -OCH3 is 1. The van der Waals surface area contributed by atoms with E-state index in [0.717, 1.165) is 23.2 Å². The molecule has 0 saturated heterocycles. The minimum Gasteiger partial charge on any atom is -0.480 e. The molecule has 3 rings (SSSR count). The Balaban J connectivity index is 1.77. The highest BCUT2D eigenvalue weighted by molar-refractivity contribution is 6.02. The summed E-state index contributed by atoms with van der Waals surface area (Å²) in [5.74, 6) is 0.693. The van der Waals surface area contributed by atoms with Gasteiger partial charge in [0.15, 0.2) is 5.78 Å². The second-order valence-corrected chi connectivity index (χ2v) is 4.69. The van der Waals surface area contributed by atoms with E-state index in [9.17, 15) is 4.79 Å². The van der Waals surface area contributed by atoms with Crippen LogP contribution in [0.2, 0.25) is 0 Å². The molecule has 1 aliphatic carbocycles. The molecule has 0 amide bonds. The summed E-state index contributed by atoms with van der Waals surface area (Å²) in [5.41, 5.74) is 2.82. The van der Waals surface area contributed by atoms with E-state index in [1.807, 2.05) is 30.3 Å². The molecule has 4 nitrogen and oxygen atoms in total. The topological polar surface area (TPSA) is 52.1 Å². The Hall–Kier alpha value is -2.23. The highest BCUT2D eigenvalue weighted by atomic mass is 16.5. The molecule has 0 bridgehead atoms. The van der Waals surface area contributed by atoms with Gasteiger partial charge >= 0.3 is 0 Å². The molecular weight excluding hydrogens is 240 g/mol. The van der Waals surface area contributed by atoms with Crippen molar-refractivity contribution in [3.63, 3.8) is 0 Å². The number of rotatable bonds is 3. The Morgan fingerprint density at radius 3 is 2.74 bits per heavy atom. The summed E-state index contributed by atoms with van der Waals surface area (Å²) in [7, 11) is 1.56. The van der Waals surface area contributed by atoms with Crippen molar-refractivity contribution in [3.05, 3.63) is 53.2 Å². The second kappa shape index (κ2) is 4.80. The SMILES string of the molecule is COc1ccc(CC2Cc3ccccc3C2=O)nn1. The van der Waals surface area contributed by atoms with Crippen molar-refractivity contribution in [1.82, 2.24) is 10.2 Å². The zero-order valence-electron chi connectivity index (χ0n) is 10.7. The van der Waals surface area contributed by atoms with E-state index in [2.05, 4.69) is 10.2 Å². The fourth-order valence-electron chi connectivity index (χ4n) is 2.50. The fraction of sp³-hybridized carbons (Fsp3) is 0.267. The Bertz CT molecular complexity index is 608. The van der Waals surface area contributed by atoms with Gasteiger partial charge in [-0.2, -0.15) is 5.10 Å². The van der Waals surface area contributed by atoms with Crippen molar-refractivity contribution < 1.29 is 9.53 Å². The Morgan fingerprint density at radius 2 is 2.05 bits per heavy atom. The largest absolute Gasteiger partial charge is 0.480 e. The van der Waals surface area contributed by atoms with Gasteiger partial charge in [-0.15, -0.1) is 5.10 Å². The quantitative estimate of drug-likeness (QED) is 0.841. The van der Waals surface area contributed by atoms with Gasteiger partial charge in [-0.25, -0.2) is 0 Å². The lowest BCUT2D eigenvalue weighted by Gasteiger charge is -2.06. The highest BCUT2D eigenvalue weighted by Gasteiger charge is 2.30. The van der Waals surface area contributed by atoms with Gasteiger partial charge in [0.25, 0.3) is 0 Å². The molecule has 0 saturated carbocycles. The first-order chi connectivity index (χ1) is 9.28. The number of fused-ring (bicyclic) bond motifs is 1. The van der Waals surface area contributed by atoms with Crippen molar-refractivity contribution >= 4 is 5.78 Å². The monoisotopic (exact) mass is 254 g/mol. The van der Waals surface area contributed by atoms with Gasteiger partial charge < -0.3 is 4.74 Å². The van der Waals surface area contributed by atoms with E-state index < -0.39 is 0 Å². The minimum atomic E-state index is -0.0138. The molecule has 0 spiro atoms. The van der Waals surface area contributed by atoms with Crippen LogP contribution in [0.15, 0.2) is 36.4 Å². The van der Waals surface area contributed by atoms with Crippen LogP contribution in [0.3, 0.4) is 0 Å². The zero-order chi connectivity index (χ0) is 13.2. The lowest BCUT2D eigenvalue weighted by molar-refractivity contribution is 0.0935. The van der Waals surface area contributed by atoms with Gasteiger partial charge in [-0.1, -0.05) is 24.3 Å². The van der Waals surface area contributed by atoms with Gasteiger partial charge in [0, 0.05) is 24.0 Å². The number of carbonyl (C=O) groups is 1. The maximum Gasteiger partial charge on any atom is 0.233 e. The van der Waals surface area contributed by atoms with E-state index in [4.69, 9.17) is 4.74 Å². The molecule has 96 valence electrons. The molecule has 0 radical (unpaired) electrons. The van der Waals surface area contributed by atoms with Crippen LogP contribution in [-0.4, -0.2) is 23.1 Å². The number of ketones is 1. The molecular formula is C15H14N2O2. The molecule has 1 heterocycles. The summed E-state index contributed by atoms with van der Waals surface area (Å²) >= 11 is 0. The molecule has 19 heavy (non-hydrogen) atoms. The summed E-state index contributed by atoms with van der Waals surface area (Å²) in [4.78, 5) is 12.3. The summed E-state index contributed by atoms with van der Waals surface area (Å²) < 4.78 is 4.97. The molecule has 0 fully saturated rings. The van der Waals surface area contributed by atoms with Gasteiger partial charge in [0.2, 0.25) is 5.88 Å². The molecule has 4 heteroatoms. The molecule has 0 N–H and O–H groups in total. The third-order valence-electron chi connectivity index (χ3n) is 3.48. The van der Waals surface area contributed by atoms with Crippen LogP contribution in [0.5, 0.6) is 5.88 Å². The average molecular weight is 254 g/mol. The van der Waals surface area contributed by atoms with Crippen LogP contribution in [0, 0.1) is 5.92 Å². The average Bonchev–Trinajstić information content (AvgIpc) is 2.77. The van der Waals surface area contributed by atoms with Crippen LogP contribution in [0.4, 0.5) is 0 Å². The van der Waals surface area contributed by atoms with Gasteiger partial charge in [0.1, 0.15) is 0 Å². The first-order valence-electron chi connectivity index (χ1n) is 6.26. The van der Waals surface area contributed by atoms with Crippen molar-refractivity contribution in [2.45, 2.75) is 12.8 Å². The number of hydrogen-bond donors (Lipinski definition) is 0. The smallest absolute Gasteiger partial charge is 0.233 e. The van der Waals surface area contributed by atoms with Crippen molar-refractivity contribution in [2.75, 3.05) is 7.11 Å². The third kappa shape index (κ3) is 2.21. The zero-order valence-corrected chi connectivity index (χ0v) is 10.7.